The summed E-state index contributed by atoms with van der Waals surface area (Å²) >= 11 is 2.90. The summed E-state index contributed by atoms with van der Waals surface area (Å²) in [5, 5.41) is 33.6. The van der Waals surface area contributed by atoms with Crippen LogP contribution in [0, 0.1) is 11.3 Å². The Morgan fingerprint density at radius 1 is 1.15 bits per heavy atom. The topological polar surface area (TPSA) is 169 Å². The lowest BCUT2D eigenvalue weighted by molar-refractivity contribution is -0.130. The molecule has 0 spiro atoms. The monoisotopic (exact) mass is 581 g/mol. The van der Waals surface area contributed by atoms with E-state index in [0.29, 0.717) is 47.8 Å². The highest BCUT2D eigenvalue weighted by Crippen LogP contribution is 2.50. The molecule has 0 saturated carbocycles. The highest BCUT2D eigenvalue weighted by molar-refractivity contribution is 7.15. The highest BCUT2D eigenvalue weighted by Gasteiger charge is 2.48. The van der Waals surface area contributed by atoms with Gasteiger partial charge in [-0.3, -0.25) is 14.4 Å². The smallest absolute Gasteiger partial charge is 0.261 e. The standard InChI is InChI=1S/C26H31N9O3S2/c1-14(30-13-22(36)35-8-4-5-15(35)12-27)11-26(25-31-33-34-32-25)16-9-20(23(37)28-2)39-18(16)6-7-19-17(26)10-21(40-19)24(38)29-3/h9-10,14-15,30H,4-8,11,13H2,1-3H3,(H,28,37)(H,29,38)(H,31,32,33,34)/t14-,15?/m0/s1. The molecule has 4 N–H and O–H groups in total. The minimum absolute atomic E-state index is 0.0850. The molecule has 3 amide bonds. The van der Waals surface area contributed by atoms with Crippen LogP contribution in [0.15, 0.2) is 12.1 Å². The number of nitrogens with zero attached hydrogens (tertiary/aromatic N) is 5. The average molecular weight is 582 g/mol. The quantitative estimate of drug-likeness (QED) is 0.309. The van der Waals surface area contributed by atoms with Crippen molar-refractivity contribution in [2.24, 2.45) is 0 Å². The third-order valence-corrected chi connectivity index (χ3v) is 10.1. The molecule has 3 aromatic rings. The van der Waals surface area contributed by atoms with Crippen LogP contribution >= 0.6 is 22.7 Å². The van der Waals surface area contributed by atoms with Gasteiger partial charge in [-0.05, 0) is 62.3 Å². The summed E-state index contributed by atoms with van der Waals surface area (Å²) in [6, 6.07) is 5.43. The van der Waals surface area contributed by atoms with Gasteiger partial charge in [0.1, 0.15) is 6.04 Å². The Morgan fingerprint density at radius 3 is 2.30 bits per heavy atom. The Kier molecular flexibility index (Phi) is 7.97. The van der Waals surface area contributed by atoms with E-state index in [0.717, 1.165) is 27.3 Å². The number of H-pyrrole nitrogens is 1. The van der Waals surface area contributed by atoms with Gasteiger partial charge in [0.15, 0.2) is 5.82 Å². The Labute approximate surface area is 239 Å². The number of carbonyl (C=O) groups is 3. The van der Waals surface area contributed by atoms with Gasteiger partial charge in [-0.2, -0.15) is 10.5 Å². The van der Waals surface area contributed by atoms with E-state index in [-0.39, 0.29) is 36.3 Å². The summed E-state index contributed by atoms with van der Waals surface area (Å²) in [6.07, 6.45) is 3.35. The number of likely N-dealkylation sites (tertiary alicyclic amines) is 1. The van der Waals surface area contributed by atoms with E-state index in [4.69, 9.17) is 0 Å². The van der Waals surface area contributed by atoms with Crippen LogP contribution in [0.3, 0.4) is 0 Å². The number of aromatic amines is 1. The zero-order chi connectivity index (χ0) is 28.4. The predicted octanol–water partition coefficient (Wildman–Crippen LogP) is 1.36. The molecule has 14 heteroatoms. The van der Waals surface area contributed by atoms with E-state index in [9.17, 15) is 19.6 Å². The number of aryl methyl sites for hydroxylation is 2. The molecule has 2 aliphatic rings. The van der Waals surface area contributed by atoms with Crippen LogP contribution in [-0.2, 0) is 23.1 Å². The zero-order valence-corrected chi connectivity index (χ0v) is 24.2. The second-order valence-electron chi connectivity index (χ2n) is 10.1. The first kappa shape index (κ1) is 27.9. The fourth-order valence-electron chi connectivity index (χ4n) is 5.78. The normalized spacial score (nSPS) is 18.2. The molecular weight excluding hydrogens is 550 g/mol. The molecule has 5 rings (SSSR count). The number of thiophene rings is 2. The molecule has 12 nitrogen and oxygen atoms in total. The van der Waals surface area contributed by atoms with Gasteiger partial charge in [-0.25, -0.2) is 0 Å². The maximum atomic E-state index is 13.0. The number of aromatic nitrogens is 4. The van der Waals surface area contributed by atoms with Crippen molar-refractivity contribution in [3.63, 3.8) is 0 Å². The number of nitriles is 1. The maximum absolute atomic E-state index is 13.0. The van der Waals surface area contributed by atoms with Crippen molar-refractivity contribution in [3.05, 3.63) is 48.6 Å². The molecule has 0 aromatic carbocycles. The summed E-state index contributed by atoms with van der Waals surface area (Å²) in [5.41, 5.74) is 0.876. The Balaban J connectivity index is 1.57. The van der Waals surface area contributed by atoms with Crippen LogP contribution in [0.2, 0.25) is 0 Å². The number of rotatable bonds is 8. The molecule has 1 unspecified atom stereocenters. The molecule has 2 atom stereocenters. The van der Waals surface area contributed by atoms with Crippen LogP contribution in [0.5, 0.6) is 0 Å². The Hall–Kier alpha value is -3.67. The first-order chi connectivity index (χ1) is 19.3. The van der Waals surface area contributed by atoms with Crippen molar-refractivity contribution < 1.29 is 14.4 Å². The molecule has 1 aliphatic heterocycles. The SMILES string of the molecule is CNC(=O)c1cc2c(s1)CCc1sc(C(=O)NC)cc1C2(C[C@H](C)NCC(=O)N1CCCC1C#N)c1nn[nH]n1. The number of carbonyl (C=O) groups excluding carboxylic acids is 3. The summed E-state index contributed by atoms with van der Waals surface area (Å²) in [6.45, 7) is 2.66. The number of amides is 3. The lowest BCUT2D eigenvalue weighted by Gasteiger charge is -2.34. The molecular formula is C26H31N9O3S2. The number of hydrogen-bond donors (Lipinski definition) is 4. The first-order valence-electron chi connectivity index (χ1n) is 13.2. The van der Waals surface area contributed by atoms with Crippen LogP contribution < -0.4 is 16.0 Å². The van der Waals surface area contributed by atoms with Crippen LogP contribution in [0.25, 0.3) is 0 Å². The van der Waals surface area contributed by atoms with E-state index < -0.39 is 5.41 Å². The van der Waals surface area contributed by atoms with Gasteiger partial charge in [-0.1, -0.05) is 5.21 Å². The van der Waals surface area contributed by atoms with Gasteiger partial charge in [0, 0.05) is 36.4 Å². The van der Waals surface area contributed by atoms with Crippen molar-refractivity contribution in [2.75, 3.05) is 27.2 Å². The summed E-state index contributed by atoms with van der Waals surface area (Å²) in [4.78, 5) is 43.3. The average Bonchev–Trinajstić information content (AvgIpc) is 3.78. The fourth-order valence-corrected chi connectivity index (χ4v) is 8.15. The van der Waals surface area contributed by atoms with Crippen molar-refractivity contribution >= 4 is 40.4 Å². The van der Waals surface area contributed by atoms with Gasteiger partial charge in [-0.15, -0.1) is 32.9 Å². The maximum Gasteiger partial charge on any atom is 0.261 e. The fraction of sp³-hybridized carbons (Fsp3) is 0.500. The lowest BCUT2D eigenvalue weighted by Crippen LogP contribution is -2.45. The zero-order valence-electron chi connectivity index (χ0n) is 22.5. The van der Waals surface area contributed by atoms with E-state index in [1.807, 2.05) is 19.1 Å². The second kappa shape index (κ2) is 11.4. The van der Waals surface area contributed by atoms with Gasteiger partial charge < -0.3 is 20.9 Å². The largest absolute Gasteiger partial charge is 0.354 e. The third-order valence-electron chi connectivity index (χ3n) is 7.68. The molecule has 210 valence electrons. The van der Waals surface area contributed by atoms with Gasteiger partial charge in [0.2, 0.25) is 5.91 Å². The molecule has 3 aromatic heterocycles. The molecule has 4 heterocycles. The summed E-state index contributed by atoms with van der Waals surface area (Å²) in [5.74, 6) is -0.0256. The Bertz CT molecular complexity index is 1390. The number of tetrazole rings is 1. The third kappa shape index (κ3) is 4.89. The summed E-state index contributed by atoms with van der Waals surface area (Å²) in [7, 11) is 3.21. The molecule has 1 aliphatic carbocycles. The second-order valence-corrected chi connectivity index (χ2v) is 12.3. The molecule has 40 heavy (non-hydrogen) atoms. The van der Waals surface area contributed by atoms with Crippen molar-refractivity contribution in [1.29, 1.82) is 5.26 Å². The van der Waals surface area contributed by atoms with E-state index in [1.54, 1.807) is 19.0 Å². The van der Waals surface area contributed by atoms with Crippen LogP contribution in [0.4, 0.5) is 0 Å². The van der Waals surface area contributed by atoms with Crippen molar-refractivity contribution in [3.8, 4) is 6.07 Å². The minimum Gasteiger partial charge on any atom is -0.354 e. The van der Waals surface area contributed by atoms with Gasteiger partial charge >= 0.3 is 0 Å². The molecule has 0 radical (unpaired) electrons. The van der Waals surface area contributed by atoms with Crippen molar-refractivity contribution in [1.82, 2.24) is 41.5 Å². The molecule has 1 fully saturated rings. The number of nitrogens with one attached hydrogen (secondary N) is 4. The van der Waals surface area contributed by atoms with Crippen LogP contribution in [0.1, 0.15) is 72.2 Å². The van der Waals surface area contributed by atoms with Gasteiger partial charge in [0.05, 0.1) is 27.8 Å². The van der Waals surface area contributed by atoms with E-state index in [2.05, 4.69) is 42.6 Å². The Morgan fingerprint density at radius 2 is 1.77 bits per heavy atom. The minimum atomic E-state index is -0.933. The van der Waals surface area contributed by atoms with E-state index in [1.165, 1.54) is 22.7 Å². The highest BCUT2D eigenvalue weighted by atomic mass is 32.1. The molecule has 0 bridgehead atoms. The predicted molar refractivity (Wildman–Crippen MR) is 149 cm³/mol. The molecule has 1 saturated heterocycles. The van der Waals surface area contributed by atoms with Crippen molar-refractivity contribution in [2.45, 2.75) is 56.5 Å². The van der Waals surface area contributed by atoms with E-state index >= 15 is 0 Å². The van der Waals surface area contributed by atoms with Gasteiger partial charge in [0.25, 0.3) is 11.8 Å². The first-order valence-corrected chi connectivity index (χ1v) is 14.8. The lowest BCUT2D eigenvalue weighted by atomic mass is 9.70. The van der Waals surface area contributed by atoms with Crippen LogP contribution in [-0.4, -0.2) is 82.5 Å². The number of fused-ring (bicyclic) bond motifs is 2. The number of hydrogen-bond acceptors (Lipinski definition) is 10. The summed E-state index contributed by atoms with van der Waals surface area (Å²) < 4.78 is 0.